The van der Waals surface area contributed by atoms with E-state index < -0.39 is 22.1 Å². The normalized spacial score (nSPS) is 17.9. The molecule has 3 rings (SSSR count). The quantitative estimate of drug-likeness (QED) is 0.749. The molecule has 0 aromatic carbocycles. The van der Waals surface area contributed by atoms with Crippen molar-refractivity contribution in [3.63, 3.8) is 0 Å². The number of carbonyl (C=O) groups is 2. The molecule has 0 atom stereocenters. The third-order valence-corrected chi connectivity index (χ3v) is 5.24. The van der Waals surface area contributed by atoms with Gasteiger partial charge in [0, 0.05) is 18.5 Å². The van der Waals surface area contributed by atoms with E-state index in [0.717, 1.165) is 29.7 Å². The van der Waals surface area contributed by atoms with Crippen LogP contribution in [-0.2, 0) is 16.6 Å². The minimum atomic E-state index is -3.69. The highest BCUT2D eigenvalue weighted by atomic mass is 32.2. The number of hydrogen-bond acceptors (Lipinski definition) is 6. The number of nitrogens with one attached hydrogen (secondary N) is 1. The minimum absolute atomic E-state index is 0.00685. The zero-order valence-electron chi connectivity index (χ0n) is 13.7. The standard InChI is InChI=1S/C14H19N5O5S/c1-25(23,24)19-9-8-17(14(19)22)13(21)15-6-7-18-12(20)5-4-11(16-18)10-2-3-10/h4-5,10H,2-3,6-9H2,1H3,(H,15,21). The van der Waals surface area contributed by atoms with Gasteiger partial charge in [0.15, 0.2) is 0 Å². The van der Waals surface area contributed by atoms with E-state index in [1.54, 1.807) is 6.07 Å². The molecule has 25 heavy (non-hydrogen) atoms. The monoisotopic (exact) mass is 369 g/mol. The van der Waals surface area contributed by atoms with Crippen LogP contribution in [0.3, 0.4) is 0 Å². The van der Waals surface area contributed by atoms with Gasteiger partial charge in [-0.2, -0.15) is 5.10 Å². The molecule has 136 valence electrons. The molecule has 2 aliphatic rings. The summed E-state index contributed by atoms with van der Waals surface area (Å²) in [6.07, 6.45) is 3.04. The Kier molecular flexibility index (Phi) is 4.50. The Bertz CT molecular complexity index is 861. The molecule has 1 aliphatic carbocycles. The smallest absolute Gasteiger partial charge is 0.336 e. The Morgan fingerprint density at radius 1 is 1.28 bits per heavy atom. The van der Waals surface area contributed by atoms with Crippen molar-refractivity contribution in [2.75, 3.05) is 25.9 Å². The first kappa shape index (κ1) is 17.4. The number of urea groups is 2. The van der Waals surface area contributed by atoms with Crippen LogP contribution in [0.25, 0.3) is 0 Å². The molecule has 1 aromatic heterocycles. The Labute approximate surface area is 144 Å². The van der Waals surface area contributed by atoms with Crippen LogP contribution in [0.4, 0.5) is 9.59 Å². The maximum absolute atomic E-state index is 12.1. The number of aromatic nitrogens is 2. The molecule has 0 bridgehead atoms. The van der Waals surface area contributed by atoms with Crippen molar-refractivity contribution >= 4 is 22.1 Å². The summed E-state index contributed by atoms with van der Waals surface area (Å²) in [5.74, 6) is 0.408. The van der Waals surface area contributed by atoms with Crippen LogP contribution in [-0.4, -0.2) is 65.4 Å². The third-order valence-electron chi connectivity index (χ3n) is 4.10. The van der Waals surface area contributed by atoms with Gasteiger partial charge in [0.05, 0.1) is 31.6 Å². The first-order valence-corrected chi connectivity index (χ1v) is 9.77. The molecule has 4 amide bonds. The van der Waals surface area contributed by atoms with Crippen molar-refractivity contribution < 1.29 is 18.0 Å². The SMILES string of the molecule is CS(=O)(=O)N1CCN(C(=O)NCCn2nc(C3CC3)ccc2=O)C1=O. The number of nitrogens with zero attached hydrogens (tertiary/aromatic N) is 4. The molecule has 2 heterocycles. The lowest BCUT2D eigenvalue weighted by molar-refractivity contribution is 0.193. The number of sulfonamides is 1. The predicted molar refractivity (Wildman–Crippen MR) is 87.5 cm³/mol. The van der Waals surface area contributed by atoms with E-state index in [-0.39, 0.29) is 31.7 Å². The highest BCUT2D eigenvalue weighted by molar-refractivity contribution is 7.88. The van der Waals surface area contributed by atoms with E-state index >= 15 is 0 Å². The molecule has 11 heteroatoms. The van der Waals surface area contributed by atoms with Crippen LogP contribution in [0.5, 0.6) is 0 Å². The molecule has 1 aromatic rings. The molecular weight excluding hydrogens is 350 g/mol. The van der Waals surface area contributed by atoms with Gasteiger partial charge in [-0.3, -0.25) is 4.79 Å². The molecule has 10 nitrogen and oxygen atoms in total. The highest BCUT2D eigenvalue weighted by Gasteiger charge is 2.38. The second-order valence-electron chi connectivity index (χ2n) is 6.10. The van der Waals surface area contributed by atoms with Gasteiger partial charge in [-0.25, -0.2) is 31.9 Å². The summed E-state index contributed by atoms with van der Waals surface area (Å²) in [5, 5.41) is 6.78. The fraction of sp³-hybridized carbons (Fsp3) is 0.571. The van der Waals surface area contributed by atoms with Crippen LogP contribution in [0.2, 0.25) is 0 Å². The molecule has 1 saturated heterocycles. The lowest BCUT2D eigenvalue weighted by atomic mass is 10.3. The van der Waals surface area contributed by atoms with E-state index in [0.29, 0.717) is 10.2 Å². The minimum Gasteiger partial charge on any atom is -0.336 e. The number of amides is 4. The van der Waals surface area contributed by atoms with Gasteiger partial charge in [0.25, 0.3) is 5.56 Å². The molecule has 1 aliphatic heterocycles. The Hall–Kier alpha value is -2.43. The fourth-order valence-corrected chi connectivity index (χ4v) is 3.39. The molecule has 0 spiro atoms. The Morgan fingerprint density at radius 2 is 2.00 bits per heavy atom. The summed E-state index contributed by atoms with van der Waals surface area (Å²) in [4.78, 5) is 36.6. The third kappa shape index (κ3) is 3.81. The summed E-state index contributed by atoms with van der Waals surface area (Å²) < 4.78 is 24.8. The Balaban J connectivity index is 1.56. The summed E-state index contributed by atoms with van der Waals surface area (Å²) in [5.41, 5.74) is 0.601. The number of rotatable bonds is 5. The zero-order valence-corrected chi connectivity index (χ0v) is 14.5. The van der Waals surface area contributed by atoms with Crippen LogP contribution >= 0.6 is 0 Å². The summed E-state index contributed by atoms with van der Waals surface area (Å²) >= 11 is 0. The second-order valence-corrected chi connectivity index (χ2v) is 8.00. The van der Waals surface area contributed by atoms with Crippen LogP contribution in [0.1, 0.15) is 24.5 Å². The average molecular weight is 369 g/mol. The topological polar surface area (TPSA) is 122 Å². The van der Waals surface area contributed by atoms with E-state index in [1.807, 2.05) is 0 Å². The largest absolute Gasteiger partial charge is 0.341 e. The van der Waals surface area contributed by atoms with Crippen molar-refractivity contribution in [1.82, 2.24) is 24.3 Å². The maximum Gasteiger partial charge on any atom is 0.341 e. The van der Waals surface area contributed by atoms with Gasteiger partial charge in [-0.15, -0.1) is 0 Å². The van der Waals surface area contributed by atoms with Crippen LogP contribution in [0.15, 0.2) is 16.9 Å². The summed E-state index contributed by atoms with van der Waals surface area (Å²) in [6, 6.07) is 1.61. The molecule has 0 unspecified atom stereocenters. The molecular formula is C14H19N5O5S. The van der Waals surface area contributed by atoms with Crippen molar-refractivity contribution in [3.05, 3.63) is 28.2 Å². The Morgan fingerprint density at radius 3 is 2.60 bits per heavy atom. The fourth-order valence-electron chi connectivity index (χ4n) is 2.60. The lowest BCUT2D eigenvalue weighted by Crippen LogP contribution is -2.44. The molecule has 0 radical (unpaired) electrons. The van der Waals surface area contributed by atoms with Gasteiger partial charge in [0.2, 0.25) is 10.0 Å². The van der Waals surface area contributed by atoms with Crippen LogP contribution in [0, 0.1) is 0 Å². The van der Waals surface area contributed by atoms with Crippen molar-refractivity contribution in [1.29, 1.82) is 0 Å². The van der Waals surface area contributed by atoms with Crippen LogP contribution < -0.4 is 10.9 Å². The molecule has 1 saturated carbocycles. The first-order valence-electron chi connectivity index (χ1n) is 7.92. The van der Waals surface area contributed by atoms with E-state index in [2.05, 4.69) is 10.4 Å². The summed E-state index contributed by atoms with van der Waals surface area (Å²) in [7, 11) is -3.69. The van der Waals surface area contributed by atoms with Gasteiger partial charge < -0.3 is 5.32 Å². The second kappa shape index (κ2) is 6.47. The van der Waals surface area contributed by atoms with Gasteiger partial charge in [-0.05, 0) is 18.9 Å². The van der Waals surface area contributed by atoms with E-state index in [1.165, 1.54) is 10.7 Å². The van der Waals surface area contributed by atoms with Gasteiger partial charge >= 0.3 is 12.1 Å². The lowest BCUT2D eigenvalue weighted by Gasteiger charge is -2.16. The summed E-state index contributed by atoms with van der Waals surface area (Å²) in [6.45, 7) is 0.202. The average Bonchev–Trinajstić information content (AvgIpc) is 3.30. The van der Waals surface area contributed by atoms with E-state index in [9.17, 15) is 22.8 Å². The number of hydrogen-bond donors (Lipinski definition) is 1. The van der Waals surface area contributed by atoms with Crippen molar-refractivity contribution in [3.8, 4) is 0 Å². The molecule has 1 N–H and O–H groups in total. The van der Waals surface area contributed by atoms with Gasteiger partial charge in [-0.1, -0.05) is 0 Å². The zero-order chi connectivity index (χ0) is 18.2. The molecule has 2 fully saturated rings. The van der Waals surface area contributed by atoms with E-state index in [4.69, 9.17) is 0 Å². The first-order chi connectivity index (χ1) is 11.8. The van der Waals surface area contributed by atoms with Crippen molar-refractivity contribution in [2.24, 2.45) is 0 Å². The highest BCUT2D eigenvalue weighted by Crippen LogP contribution is 2.38. The maximum atomic E-state index is 12.1. The van der Waals surface area contributed by atoms with Gasteiger partial charge in [0.1, 0.15) is 0 Å². The number of carbonyl (C=O) groups excluding carboxylic acids is 2. The number of imide groups is 1. The van der Waals surface area contributed by atoms with Crippen molar-refractivity contribution in [2.45, 2.75) is 25.3 Å². The predicted octanol–water partition coefficient (Wildman–Crippen LogP) is -0.472.